The van der Waals surface area contributed by atoms with Crippen LogP contribution in [0.5, 0.6) is 5.75 Å². The van der Waals surface area contributed by atoms with Crippen LogP contribution in [0.4, 0.5) is 4.39 Å². The van der Waals surface area contributed by atoms with Crippen LogP contribution in [0.25, 0.3) is 0 Å². The molecule has 0 saturated carbocycles. The Hall–Kier alpha value is -1.66. The van der Waals surface area contributed by atoms with Gasteiger partial charge in [0.15, 0.2) is 0 Å². The third kappa shape index (κ3) is 6.09. The molecule has 0 bridgehead atoms. The highest BCUT2D eigenvalue weighted by Gasteiger charge is 2.25. The summed E-state index contributed by atoms with van der Waals surface area (Å²) in [5.41, 5.74) is 0. The second kappa shape index (κ2) is 9.59. The third-order valence-corrected chi connectivity index (χ3v) is 4.23. The summed E-state index contributed by atoms with van der Waals surface area (Å²) in [6, 6.07) is 5.75. The van der Waals surface area contributed by atoms with E-state index < -0.39 is 6.10 Å². The summed E-state index contributed by atoms with van der Waals surface area (Å²) in [5, 5.41) is 13.0. The lowest BCUT2D eigenvalue weighted by molar-refractivity contribution is -0.126. The second-order valence-electron chi connectivity index (χ2n) is 6.28. The summed E-state index contributed by atoms with van der Waals surface area (Å²) in [6.07, 6.45) is 1.98. The molecule has 134 valence electrons. The largest absolute Gasteiger partial charge is 0.491 e. The van der Waals surface area contributed by atoms with E-state index in [0.717, 1.165) is 38.9 Å². The van der Waals surface area contributed by atoms with E-state index in [1.165, 1.54) is 12.1 Å². The fourth-order valence-corrected chi connectivity index (χ4v) is 2.84. The number of ether oxygens (including phenoxy) is 1. The highest BCUT2D eigenvalue weighted by molar-refractivity contribution is 5.78. The monoisotopic (exact) mass is 338 g/mol. The maximum absolute atomic E-state index is 12.8. The van der Waals surface area contributed by atoms with E-state index in [1.807, 2.05) is 6.92 Å². The maximum atomic E-state index is 12.8. The van der Waals surface area contributed by atoms with Gasteiger partial charge in [-0.05, 0) is 56.6 Å². The van der Waals surface area contributed by atoms with E-state index in [4.69, 9.17) is 4.74 Å². The molecule has 0 radical (unpaired) electrons. The number of halogens is 1. The van der Waals surface area contributed by atoms with Gasteiger partial charge in [0.1, 0.15) is 24.3 Å². The van der Waals surface area contributed by atoms with Crippen molar-refractivity contribution in [3.63, 3.8) is 0 Å². The average Bonchev–Trinajstić information content (AvgIpc) is 2.60. The molecular weight excluding hydrogens is 311 g/mol. The van der Waals surface area contributed by atoms with Gasteiger partial charge in [0.2, 0.25) is 5.91 Å². The number of hydrogen-bond donors (Lipinski definition) is 2. The van der Waals surface area contributed by atoms with Gasteiger partial charge in [-0.25, -0.2) is 4.39 Å². The molecule has 1 unspecified atom stereocenters. The molecule has 0 spiro atoms. The van der Waals surface area contributed by atoms with Crippen molar-refractivity contribution in [3.8, 4) is 5.75 Å². The van der Waals surface area contributed by atoms with Crippen molar-refractivity contribution in [3.05, 3.63) is 30.1 Å². The van der Waals surface area contributed by atoms with Crippen LogP contribution in [-0.2, 0) is 4.79 Å². The molecule has 2 rings (SSSR count). The Morgan fingerprint density at radius 3 is 2.67 bits per heavy atom. The summed E-state index contributed by atoms with van der Waals surface area (Å²) in [6.45, 7) is 5.07. The Balaban J connectivity index is 1.65. The molecule has 1 heterocycles. The van der Waals surface area contributed by atoms with Gasteiger partial charge in [-0.15, -0.1) is 0 Å². The zero-order valence-corrected chi connectivity index (χ0v) is 14.2. The molecule has 0 aromatic heterocycles. The number of hydrogen-bond acceptors (Lipinski definition) is 4. The minimum Gasteiger partial charge on any atom is -0.491 e. The van der Waals surface area contributed by atoms with Gasteiger partial charge >= 0.3 is 0 Å². The smallest absolute Gasteiger partial charge is 0.223 e. The fraction of sp³-hybridized carbons (Fsp3) is 0.611. The molecule has 1 fully saturated rings. The predicted octanol–water partition coefficient (Wildman–Crippen LogP) is 1.80. The molecule has 1 aliphatic rings. The first-order valence-corrected chi connectivity index (χ1v) is 8.65. The zero-order chi connectivity index (χ0) is 17.4. The minimum absolute atomic E-state index is 0.0837. The van der Waals surface area contributed by atoms with Crippen molar-refractivity contribution in [1.82, 2.24) is 10.2 Å². The Kier molecular flexibility index (Phi) is 7.46. The number of aliphatic hydroxyl groups excluding tert-OH is 1. The number of benzene rings is 1. The number of β-amino-alcohol motifs (C(OH)–C–C–N with tert-alkyl or cyclic N) is 1. The molecule has 2 N–H and O–H groups in total. The lowest BCUT2D eigenvalue weighted by atomic mass is 9.95. The van der Waals surface area contributed by atoms with Crippen LogP contribution >= 0.6 is 0 Å². The lowest BCUT2D eigenvalue weighted by Crippen LogP contribution is -2.44. The number of likely N-dealkylation sites (tertiary alicyclic amines) is 1. The van der Waals surface area contributed by atoms with Crippen LogP contribution < -0.4 is 10.1 Å². The van der Waals surface area contributed by atoms with Gasteiger partial charge < -0.3 is 20.1 Å². The first-order chi connectivity index (χ1) is 11.6. The summed E-state index contributed by atoms with van der Waals surface area (Å²) in [7, 11) is 0. The first-order valence-electron chi connectivity index (χ1n) is 8.65. The summed E-state index contributed by atoms with van der Waals surface area (Å²) < 4.78 is 18.3. The van der Waals surface area contributed by atoms with Gasteiger partial charge in [0.05, 0.1) is 0 Å². The average molecular weight is 338 g/mol. The summed E-state index contributed by atoms with van der Waals surface area (Å²) >= 11 is 0. The van der Waals surface area contributed by atoms with E-state index >= 15 is 0 Å². The number of carbonyl (C=O) groups excluding carboxylic acids is 1. The number of nitrogens with zero attached hydrogens (tertiary/aromatic N) is 1. The third-order valence-electron chi connectivity index (χ3n) is 4.23. The van der Waals surface area contributed by atoms with E-state index in [-0.39, 0.29) is 24.2 Å². The summed E-state index contributed by atoms with van der Waals surface area (Å²) in [4.78, 5) is 14.1. The fourth-order valence-electron chi connectivity index (χ4n) is 2.84. The molecule has 1 atom stereocenters. The number of rotatable bonds is 8. The quantitative estimate of drug-likeness (QED) is 0.759. The van der Waals surface area contributed by atoms with E-state index in [2.05, 4.69) is 10.2 Å². The predicted molar refractivity (Wildman–Crippen MR) is 90.4 cm³/mol. The highest BCUT2D eigenvalue weighted by Crippen LogP contribution is 2.18. The number of piperidine rings is 1. The van der Waals surface area contributed by atoms with Crippen LogP contribution in [-0.4, -0.2) is 54.8 Å². The van der Waals surface area contributed by atoms with E-state index in [1.54, 1.807) is 12.1 Å². The molecule has 1 aliphatic heterocycles. The van der Waals surface area contributed by atoms with Crippen molar-refractivity contribution in [2.45, 2.75) is 32.3 Å². The van der Waals surface area contributed by atoms with Crippen molar-refractivity contribution >= 4 is 5.91 Å². The molecule has 24 heavy (non-hydrogen) atoms. The van der Waals surface area contributed by atoms with Crippen LogP contribution in [0, 0.1) is 11.7 Å². The maximum Gasteiger partial charge on any atom is 0.223 e. The van der Waals surface area contributed by atoms with Crippen LogP contribution in [0.2, 0.25) is 0 Å². The molecule has 1 aromatic carbocycles. The molecule has 5 nitrogen and oxygen atoms in total. The van der Waals surface area contributed by atoms with Gasteiger partial charge in [0.25, 0.3) is 0 Å². The molecule has 6 heteroatoms. The summed E-state index contributed by atoms with van der Waals surface area (Å²) in [5.74, 6) is 0.465. The van der Waals surface area contributed by atoms with Gasteiger partial charge in [-0.3, -0.25) is 4.79 Å². The van der Waals surface area contributed by atoms with Crippen molar-refractivity contribution in [2.24, 2.45) is 5.92 Å². The van der Waals surface area contributed by atoms with Crippen molar-refractivity contribution in [1.29, 1.82) is 0 Å². The second-order valence-corrected chi connectivity index (χ2v) is 6.28. The number of nitrogens with one attached hydrogen (secondary N) is 1. The Morgan fingerprint density at radius 2 is 2.04 bits per heavy atom. The SMILES string of the molecule is CCCNC(=O)C1CCN(CC(O)COc2ccc(F)cc2)CC1. The minimum atomic E-state index is -0.611. The molecular formula is C18H27FN2O3. The topological polar surface area (TPSA) is 61.8 Å². The Labute approximate surface area is 142 Å². The standard InChI is InChI=1S/C18H27FN2O3/c1-2-9-20-18(23)14-7-10-21(11-8-14)12-16(22)13-24-17-5-3-15(19)4-6-17/h3-6,14,16,22H,2,7-13H2,1H3,(H,20,23). The number of amides is 1. The zero-order valence-electron chi connectivity index (χ0n) is 14.2. The first kappa shape index (κ1) is 18.7. The van der Waals surface area contributed by atoms with E-state index in [0.29, 0.717) is 12.3 Å². The van der Waals surface area contributed by atoms with Gasteiger partial charge in [-0.2, -0.15) is 0 Å². The molecule has 1 amide bonds. The van der Waals surface area contributed by atoms with Gasteiger partial charge in [0, 0.05) is 19.0 Å². The number of aliphatic hydroxyl groups is 1. The Morgan fingerprint density at radius 1 is 1.38 bits per heavy atom. The van der Waals surface area contributed by atoms with E-state index in [9.17, 15) is 14.3 Å². The van der Waals surface area contributed by atoms with Gasteiger partial charge in [-0.1, -0.05) is 6.92 Å². The lowest BCUT2D eigenvalue weighted by Gasteiger charge is -2.32. The molecule has 1 saturated heterocycles. The number of carbonyl (C=O) groups is 1. The molecule has 1 aromatic rings. The van der Waals surface area contributed by atoms with Crippen LogP contribution in [0.3, 0.4) is 0 Å². The highest BCUT2D eigenvalue weighted by atomic mass is 19.1. The van der Waals surface area contributed by atoms with Crippen molar-refractivity contribution < 1.29 is 19.0 Å². The van der Waals surface area contributed by atoms with Crippen LogP contribution in [0.1, 0.15) is 26.2 Å². The normalized spacial score (nSPS) is 17.5. The Bertz CT molecular complexity index is 501. The van der Waals surface area contributed by atoms with Crippen LogP contribution in [0.15, 0.2) is 24.3 Å². The molecule has 0 aliphatic carbocycles. The van der Waals surface area contributed by atoms with Crippen molar-refractivity contribution in [2.75, 3.05) is 32.8 Å².